The molecule has 1 N–H and O–H groups in total. The van der Waals surface area contributed by atoms with Crippen LogP contribution in [-0.4, -0.2) is 18.1 Å². The lowest BCUT2D eigenvalue weighted by atomic mass is 9.87. The molecule has 0 heterocycles. The molecule has 0 unspecified atom stereocenters. The highest BCUT2D eigenvalue weighted by Crippen LogP contribution is 2.28. The summed E-state index contributed by atoms with van der Waals surface area (Å²) < 4.78 is 5.68. The maximum absolute atomic E-state index is 12.8. The summed E-state index contributed by atoms with van der Waals surface area (Å²) >= 11 is 6.16. The molecule has 1 amide bonds. The number of fused-ring (bicyclic) bond motifs is 1. The zero-order chi connectivity index (χ0) is 25.0. The minimum Gasteiger partial charge on any atom is -0.422 e. The average Bonchev–Trinajstić information content (AvgIpc) is 2.84. The van der Waals surface area contributed by atoms with E-state index in [0.717, 1.165) is 16.3 Å². The predicted octanol–water partition coefficient (Wildman–Crippen LogP) is 6.77. The molecule has 0 saturated heterocycles. The molecular formula is C29H25ClN2O3. The van der Waals surface area contributed by atoms with E-state index in [9.17, 15) is 9.59 Å². The number of nitrogens with zero attached hydrogens (tertiary/aromatic N) is 1. The first kappa shape index (κ1) is 24.2. The van der Waals surface area contributed by atoms with Gasteiger partial charge in [-0.3, -0.25) is 4.79 Å². The molecule has 4 aromatic rings. The van der Waals surface area contributed by atoms with Gasteiger partial charge in [0, 0.05) is 11.1 Å². The van der Waals surface area contributed by atoms with Crippen molar-refractivity contribution in [2.75, 3.05) is 0 Å². The van der Waals surface area contributed by atoms with Gasteiger partial charge >= 0.3 is 5.97 Å². The highest BCUT2D eigenvalue weighted by molar-refractivity contribution is 6.33. The fourth-order valence-electron chi connectivity index (χ4n) is 3.62. The summed E-state index contributed by atoms with van der Waals surface area (Å²) in [6.45, 7) is 6.35. The maximum Gasteiger partial charge on any atom is 0.345 e. The van der Waals surface area contributed by atoms with Gasteiger partial charge in [-0.1, -0.05) is 87.0 Å². The lowest BCUT2D eigenvalue weighted by Gasteiger charge is -2.18. The highest BCUT2D eigenvalue weighted by atomic mass is 35.5. The Morgan fingerprint density at radius 3 is 2.29 bits per heavy atom. The maximum atomic E-state index is 12.8. The molecule has 176 valence electrons. The molecular weight excluding hydrogens is 460 g/mol. The van der Waals surface area contributed by atoms with Gasteiger partial charge in [0.15, 0.2) is 0 Å². The first-order valence-electron chi connectivity index (χ1n) is 11.2. The second-order valence-corrected chi connectivity index (χ2v) is 9.50. The second kappa shape index (κ2) is 10.1. The number of carbonyl (C=O) groups excluding carboxylic acids is 2. The predicted molar refractivity (Wildman–Crippen MR) is 141 cm³/mol. The van der Waals surface area contributed by atoms with Gasteiger partial charge in [-0.25, -0.2) is 10.2 Å². The lowest BCUT2D eigenvalue weighted by Crippen LogP contribution is -2.18. The fourth-order valence-corrected chi connectivity index (χ4v) is 3.83. The molecule has 0 aliphatic heterocycles. The van der Waals surface area contributed by atoms with E-state index in [1.807, 2.05) is 42.5 Å². The van der Waals surface area contributed by atoms with Crippen molar-refractivity contribution in [3.05, 3.63) is 112 Å². The number of carbonyl (C=O) groups is 2. The summed E-state index contributed by atoms with van der Waals surface area (Å²) in [5.74, 6) is -0.610. The van der Waals surface area contributed by atoms with Crippen molar-refractivity contribution in [2.24, 2.45) is 5.10 Å². The molecule has 0 aliphatic rings. The molecule has 4 aromatic carbocycles. The van der Waals surface area contributed by atoms with E-state index in [4.69, 9.17) is 16.3 Å². The largest absolute Gasteiger partial charge is 0.422 e. The number of benzene rings is 4. The number of ether oxygens (including phenoxy) is 1. The van der Waals surface area contributed by atoms with Gasteiger partial charge in [-0.2, -0.15) is 5.10 Å². The third kappa shape index (κ3) is 5.58. The van der Waals surface area contributed by atoms with Crippen LogP contribution in [0.4, 0.5) is 0 Å². The van der Waals surface area contributed by atoms with Crippen LogP contribution in [0.25, 0.3) is 10.8 Å². The van der Waals surface area contributed by atoms with Crippen LogP contribution >= 0.6 is 11.6 Å². The summed E-state index contributed by atoms with van der Waals surface area (Å²) in [7, 11) is 0. The Kier molecular flexibility index (Phi) is 6.99. The van der Waals surface area contributed by atoms with Gasteiger partial charge in [0.05, 0.1) is 16.8 Å². The summed E-state index contributed by atoms with van der Waals surface area (Å²) in [5.41, 5.74) is 5.02. The first-order valence-corrected chi connectivity index (χ1v) is 11.5. The minimum atomic E-state index is -0.580. The highest BCUT2D eigenvalue weighted by Gasteiger charge is 2.16. The van der Waals surface area contributed by atoms with E-state index in [-0.39, 0.29) is 16.9 Å². The van der Waals surface area contributed by atoms with E-state index in [1.165, 1.54) is 6.21 Å². The van der Waals surface area contributed by atoms with Crippen molar-refractivity contribution in [3.8, 4) is 5.75 Å². The van der Waals surface area contributed by atoms with Crippen molar-refractivity contribution in [1.29, 1.82) is 0 Å². The van der Waals surface area contributed by atoms with Gasteiger partial charge in [-0.15, -0.1) is 0 Å². The van der Waals surface area contributed by atoms with Crippen molar-refractivity contribution in [2.45, 2.75) is 26.2 Å². The molecule has 0 aliphatic carbocycles. The third-order valence-corrected chi connectivity index (χ3v) is 5.93. The Labute approximate surface area is 209 Å². The zero-order valence-corrected chi connectivity index (χ0v) is 20.5. The van der Waals surface area contributed by atoms with Crippen LogP contribution in [0.2, 0.25) is 5.02 Å². The van der Waals surface area contributed by atoms with Crippen LogP contribution in [0.15, 0.2) is 90.0 Å². The number of rotatable bonds is 5. The summed E-state index contributed by atoms with van der Waals surface area (Å²) in [6, 6.07) is 25.3. The van der Waals surface area contributed by atoms with E-state index in [2.05, 4.69) is 31.3 Å². The van der Waals surface area contributed by atoms with Gasteiger partial charge in [0.25, 0.3) is 5.91 Å². The molecule has 35 heavy (non-hydrogen) atoms. The van der Waals surface area contributed by atoms with Crippen LogP contribution in [0, 0.1) is 0 Å². The lowest BCUT2D eigenvalue weighted by molar-refractivity contribution is 0.0734. The van der Waals surface area contributed by atoms with Crippen LogP contribution in [-0.2, 0) is 5.41 Å². The van der Waals surface area contributed by atoms with Crippen molar-refractivity contribution in [3.63, 3.8) is 0 Å². The topological polar surface area (TPSA) is 67.8 Å². The summed E-state index contributed by atoms with van der Waals surface area (Å²) in [4.78, 5) is 25.4. The second-order valence-electron chi connectivity index (χ2n) is 9.09. The smallest absolute Gasteiger partial charge is 0.345 e. The molecule has 0 bridgehead atoms. The molecule has 0 radical (unpaired) electrons. The van der Waals surface area contributed by atoms with Crippen molar-refractivity contribution < 1.29 is 14.3 Å². The van der Waals surface area contributed by atoms with Gasteiger partial charge in [0.2, 0.25) is 0 Å². The Bertz CT molecular complexity index is 1420. The third-order valence-electron chi connectivity index (χ3n) is 5.60. The number of hydrazone groups is 1. The Balaban J connectivity index is 1.59. The van der Waals surface area contributed by atoms with Crippen LogP contribution in [0.1, 0.15) is 52.6 Å². The molecule has 0 atom stereocenters. The Hall–Kier alpha value is -3.96. The Morgan fingerprint density at radius 2 is 1.57 bits per heavy atom. The fraction of sp³-hybridized carbons (Fsp3) is 0.138. The van der Waals surface area contributed by atoms with E-state index in [1.54, 1.807) is 42.5 Å². The molecule has 0 spiro atoms. The molecule has 0 aromatic heterocycles. The van der Waals surface area contributed by atoms with E-state index >= 15 is 0 Å². The molecule has 4 rings (SSSR count). The number of hydrogen-bond acceptors (Lipinski definition) is 4. The van der Waals surface area contributed by atoms with Crippen LogP contribution in [0.3, 0.4) is 0 Å². The SMILES string of the molecule is CC(C)(C)c1ccc(C(=O)N/N=C/c2c(OC(=O)c3ccccc3Cl)ccc3ccccc23)cc1. The molecule has 5 nitrogen and oxygen atoms in total. The van der Waals surface area contributed by atoms with E-state index < -0.39 is 5.97 Å². The van der Waals surface area contributed by atoms with Crippen LogP contribution in [0.5, 0.6) is 5.75 Å². The molecule has 6 heteroatoms. The monoisotopic (exact) mass is 484 g/mol. The normalized spacial score (nSPS) is 11.5. The quantitative estimate of drug-likeness (QED) is 0.147. The minimum absolute atomic E-state index is 0.000657. The number of esters is 1. The standard InChI is InChI=1S/C29H25ClN2O3/c1-29(2,3)21-15-12-20(13-16-21)27(33)32-31-18-24-22-9-5-4-8-19(22)14-17-26(24)35-28(34)23-10-6-7-11-25(23)30/h4-18H,1-3H3,(H,32,33)/b31-18+. The van der Waals surface area contributed by atoms with Crippen molar-refractivity contribution >= 4 is 40.5 Å². The zero-order valence-electron chi connectivity index (χ0n) is 19.7. The molecule has 0 saturated carbocycles. The summed E-state index contributed by atoms with van der Waals surface area (Å²) in [6.07, 6.45) is 1.49. The molecule has 0 fully saturated rings. The Morgan fingerprint density at radius 1 is 0.886 bits per heavy atom. The number of amides is 1. The number of nitrogens with one attached hydrogen (secondary N) is 1. The van der Waals surface area contributed by atoms with Crippen LogP contribution < -0.4 is 10.2 Å². The van der Waals surface area contributed by atoms with Crippen molar-refractivity contribution in [1.82, 2.24) is 5.43 Å². The van der Waals surface area contributed by atoms with Gasteiger partial charge in [-0.05, 0) is 52.1 Å². The van der Waals surface area contributed by atoms with E-state index in [0.29, 0.717) is 21.9 Å². The summed E-state index contributed by atoms with van der Waals surface area (Å²) in [5, 5.41) is 6.22. The number of hydrogen-bond donors (Lipinski definition) is 1. The van der Waals surface area contributed by atoms with Gasteiger partial charge < -0.3 is 4.74 Å². The number of halogens is 1. The van der Waals surface area contributed by atoms with Gasteiger partial charge in [0.1, 0.15) is 5.75 Å². The average molecular weight is 485 g/mol. The first-order chi connectivity index (χ1) is 16.7.